The molecule has 0 fully saturated rings. The van der Waals surface area contributed by atoms with Crippen molar-refractivity contribution < 1.29 is 17.9 Å². The van der Waals surface area contributed by atoms with Gasteiger partial charge in [-0.1, -0.05) is 39.1 Å². The third kappa shape index (κ3) is 4.79. The van der Waals surface area contributed by atoms with Crippen molar-refractivity contribution in [1.82, 2.24) is 0 Å². The molecule has 0 aliphatic rings. The Kier molecular flexibility index (Phi) is 6.02. The Labute approximate surface area is 154 Å². The van der Waals surface area contributed by atoms with E-state index in [1.165, 1.54) is 0 Å². The van der Waals surface area contributed by atoms with Crippen LogP contribution in [0.15, 0.2) is 36.4 Å². The Bertz CT molecular complexity index is 790. The lowest BCUT2D eigenvalue weighted by molar-refractivity contribution is -0.137. The van der Waals surface area contributed by atoms with Gasteiger partial charge in [0.15, 0.2) is 0 Å². The third-order valence-electron chi connectivity index (χ3n) is 3.04. The van der Waals surface area contributed by atoms with Crippen molar-refractivity contribution in [2.45, 2.75) is 17.4 Å². The van der Waals surface area contributed by atoms with Gasteiger partial charge < -0.3 is 4.74 Å². The van der Waals surface area contributed by atoms with Crippen LogP contribution >= 0.6 is 39.1 Å². The molecule has 0 saturated heterocycles. The lowest BCUT2D eigenvalue weighted by Gasteiger charge is -2.12. The Morgan fingerprint density at radius 2 is 1.83 bits per heavy atom. The van der Waals surface area contributed by atoms with E-state index in [-0.39, 0.29) is 10.8 Å². The summed E-state index contributed by atoms with van der Waals surface area (Å²) in [5, 5.41) is 9.14. The molecular formula is C16H9BrCl2F3NO. The van der Waals surface area contributed by atoms with Crippen molar-refractivity contribution in [3.8, 4) is 17.6 Å². The van der Waals surface area contributed by atoms with E-state index >= 15 is 0 Å². The van der Waals surface area contributed by atoms with Gasteiger partial charge in [-0.2, -0.15) is 18.4 Å². The highest BCUT2D eigenvalue weighted by molar-refractivity contribution is 9.09. The lowest BCUT2D eigenvalue weighted by Crippen LogP contribution is -2.04. The fourth-order valence-electron chi connectivity index (χ4n) is 1.90. The summed E-state index contributed by atoms with van der Waals surface area (Å²) >= 11 is 15.1. The average molecular weight is 439 g/mol. The van der Waals surface area contributed by atoms with Crippen LogP contribution in [0.1, 0.15) is 11.1 Å². The van der Waals surface area contributed by atoms with E-state index in [2.05, 4.69) is 15.9 Å². The number of alkyl halides is 4. The highest BCUT2D eigenvalue weighted by Gasteiger charge is 2.31. The molecule has 0 saturated carbocycles. The zero-order valence-corrected chi connectivity index (χ0v) is 15.0. The molecular weight excluding hydrogens is 430 g/mol. The fraction of sp³-hybridized carbons (Fsp3) is 0.188. The van der Waals surface area contributed by atoms with Crippen LogP contribution in [-0.4, -0.2) is 4.83 Å². The molecule has 126 valence electrons. The van der Waals surface area contributed by atoms with E-state index in [1.54, 1.807) is 18.2 Å². The van der Waals surface area contributed by atoms with Crippen molar-refractivity contribution in [2.75, 3.05) is 0 Å². The maximum atomic E-state index is 12.6. The lowest BCUT2D eigenvalue weighted by atomic mass is 10.1. The first-order valence-electron chi connectivity index (χ1n) is 6.57. The second-order valence-electron chi connectivity index (χ2n) is 4.80. The number of benzene rings is 2. The average Bonchev–Trinajstić information content (AvgIpc) is 2.51. The van der Waals surface area contributed by atoms with E-state index in [0.717, 1.165) is 18.2 Å². The van der Waals surface area contributed by atoms with Gasteiger partial charge in [-0.15, -0.1) is 0 Å². The predicted octanol–water partition coefficient (Wildman–Crippen LogP) is 6.63. The van der Waals surface area contributed by atoms with Gasteiger partial charge in [0.1, 0.15) is 16.3 Å². The first kappa shape index (κ1) is 18.9. The molecule has 0 heterocycles. The second kappa shape index (κ2) is 7.64. The van der Waals surface area contributed by atoms with Crippen LogP contribution in [0.5, 0.6) is 11.5 Å². The number of rotatable bonds is 4. The van der Waals surface area contributed by atoms with Crippen LogP contribution in [0.3, 0.4) is 0 Å². The summed E-state index contributed by atoms with van der Waals surface area (Å²) in [4.78, 5) is -0.417. The molecule has 0 aliphatic heterocycles. The second-order valence-corrected chi connectivity index (χ2v) is 6.72. The molecule has 0 N–H and O–H groups in total. The molecule has 0 amide bonds. The minimum Gasteiger partial charge on any atom is -0.456 e. The summed E-state index contributed by atoms with van der Waals surface area (Å²) in [7, 11) is 0. The van der Waals surface area contributed by atoms with Gasteiger partial charge in [0.25, 0.3) is 0 Å². The Morgan fingerprint density at radius 3 is 2.42 bits per heavy atom. The zero-order chi connectivity index (χ0) is 17.9. The number of nitrogens with zero attached hydrogens (tertiary/aromatic N) is 1. The van der Waals surface area contributed by atoms with Crippen LogP contribution in [0.2, 0.25) is 10.0 Å². The normalized spacial score (nSPS) is 12.5. The summed E-state index contributed by atoms with van der Waals surface area (Å²) in [5.74, 6) is 0.447. The molecule has 0 bridgehead atoms. The van der Waals surface area contributed by atoms with E-state index in [9.17, 15) is 13.2 Å². The minimum absolute atomic E-state index is 0.0913. The molecule has 1 unspecified atom stereocenters. The maximum absolute atomic E-state index is 12.6. The number of ether oxygens (including phenoxy) is 1. The first-order valence-corrected chi connectivity index (χ1v) is 8.24. The largest absolute Gasteiger partial charge is 0.456 e. The van der Waals surface area contributed by atoms with Crippen molar-refractivity contribution in [3.05, 3.63) is 57.6 Å². The maximum Gasteiger partial charge on any atom is 0.416 e. The molecule has 0 spiro atoms. The van der Waals surface area contributed by atoms with Gasteiger partial charge >= 0.3 is 6.18 Å². The van der Waals surface area contributed by atoms with Crippen molar-refractivity contribution >= 4 is 39.1 Å². The minimum atomic E-state index is -4.47. The van der Waals surface area contributed by atoms with Gasteiger partial charge in [0.2, 0.25) is 0 Å². The van der Waals surface area contributed by atoms with Crippen LogP contribution in [0.4, 0.5) is 13.2 Å². The topological polar surface area (TPSA) is 33.0 Å². The summed E-state index contributed by atoms with van der Waals surface area (Å²) in [6.07, 6.45) is -4.12. The summed E-state index contributed by atoms with van der Waals surface area (Å²) in [6, 6.07) is 9.64. The smallest absolute Gasteiger partial charge is 0.416 e. The van der Waals surface area contributed by atoms with E-state index in [0.29, 0.717) is 22.8 Å². The monoisotopic (exact) mass is 437 g/mol. The SMILES string of the molecule is N#CC(Br)Cc1cc(Oc2ccc(C(F)(F)F)cc2Cl)ccc1Cl. The molecule has 8 heteroatoms. The van der Waals surface area contributed by atoms with Crippen LogP contribution in [-0.2, 0) is 12.6 Å². The zero-order valence-electron chi connectivity index (χ0n) is 11.9. The molecule has 2 aromatic carbocycles. The number of halogens is 6. The Hall–Kier alpha value is -1.42. The molecule has 0 radical (unpaired) electrons. The standard InChI is InChI=1S/C16H9BrCl2F3NO/c17-11(8-23)5-9-6-12(2-3-13(9)18)24-15-4-1-10(7-14(15)19)16(20,21)22/h1-4,6-7,11H,5H2. The summed E-state index contributed by atoms with van der Waals surface area (Å²) in [5.41, 5.74) is -0.187. The van der Waals surface area contributed by atoms with Crippen LogP contribution < -0.4 is 4.74 Å². The number of hydrogen-bond donors (Lipinski definition) is 0. The van der Waals surface area contributed by atoms with E-state index in [4.69, 9.17) is 33.2 Å². The highest BCUT2D eigenvalue weighted by atomic mass is 79.9. The molecule has 0 aromatic heterocycles. The van der Waals surface area contributed by atoms with E-state index in [1.807, 2.05) is 6.07 Å². The third-order valence-corrected chi connectivity index (χ3v) is 4.24. The van der Waals surface area contributed by atoms with E-state index < -0.39 is 16.6 Å². The van der Waals surface area contributed by atoms with Gasteiger partial charge in [-0.05, 0) is 48.4 Å². The molecule has 2 aromatic rings. The number of hydrogen-bond acceptors (Lipinski definition) is 2. The van der Waals surface area contributed by atoms with Gasteiger partial charge in [0, 0.05) is 5.02 Å². The van der Waals surface area contributed by atoms with Crippen LogP contribution in [0.25, 0.3) is 0 Å². The fourth-order valence-corrected chi connectivity index (χ4v) is 2.66. The quantitative estimate of drug-likeness (QED) is 0.501. The van der Waals surface area contributed by atoms with Gasteiger partial charge in [-0.3, -0.25) is 0 Å². The molecule has 2 nitrogen and oxygen atoms in total. The Morgan fingerprint density at radius 1 is 1.12 bits per heavy atom. The Balaban J connectivity index is 2.26. The van der Waals surface area contributed by atoms with Crippen molar-refractivity contribution in [2.24, 2.45) is 0 Å². The first-order chi connectivity index (χ1) is 11.2. The summed E-state index contributed by atoms with van der Waals surface area (Å²) < 4.78 is 43.4. The van der Waals surface area contributed by atoms with Crippen LogP contribution in [0, 0.1) is 11.3 Å². The highest BCUT2D eigenvalue weighted by Crippen LogP contribution is 2.37. The summed E-state index contributed by atoms with van der Waals surface area (Å²) in [6.45, 7) is 0. The number of nitriles is 1. The van der Waals surface area contributed by atoms with Crippen molar-refractivity contribution in [3.63, 3.8) is 0 Å². The van der Waals surface area contributed by atoms with Gasteiger partial charge in [0.05, 0.1) is 16.7 Å². The van der Waals surface area contributed by atoms with Crippen molar-refractivity contribution in [1.29, 1.82) is 5.26 Å². The molecule has 24 heavy (non-hydrogen) atoms. The molecule has 2 rings (SSSR count). The molecule has 1 atom stereocenters. The van der Waals surface area contributed by atoms with Gasteiger partial charge in [-0.25, -0.2) is 0 Å². The predicted molar refractivity (Wildman–Crippen MR) is 90.0 cm³/mol. The molecule has 0 aliphatic carbocycles.